The Balaban J connectivity index is 0.000000422. The van der Waals surface area contributed by atoms with Gasteiger partial charge in [0.25, 0.3) is 0 Å². The fourth-order valence-corrected chi connectivity index (χ4v) is 5.24. The van der Waals surface area contributed by atoms with E-state index in [0.29, 0.717) is 90.6 Å². The molecule has 60 heavy (non-hydrogen) atoms. The third-order valence-corrected chi connectivity index (χ3v) is 8.41. The summed E-state index contributed by atoms with van der Waals surface area (Å²) < 4.78 is 34.2. The van der Waals surface area contributed by atoms with Gasteiger partial charge in [-0.05, 0) is 48.7 Å². The number of methoxy groups -OCH3 is 1. The van der Waals surface area contributed by atoms with Crippen molar-refractivity contribution in [3.05, 3.63) is 96.8 Å². The van der Waals surface area contributed by atoms with Crippen molar-refractivity contribution < 1.29 is 42.8 Å². The number of pyridine rings is 1. The van der Waals surface area contributed by atoms with Crippen LogP contribution in [0, 0.1) is 6.92 Å². The number of nitrogens with one attached hydrogen (secondary N) is 1. The van der Waals surface area contributed by atoms with Crippen LogP contribution in [0.4, 0.5) is 0 Å². The second-order valence-electron chi connectivity index (χ2n) is 12.5. The number of imidazole rings is 1. The molecule has 5 aromatic rings. The molecule has 0 bridgehead atoms. The number of amides is 2. The minimum atomic E-state index is -0.548. The number of benzene rings is 2. The summed E-state index contributed by atoms with van der Waals surface area (Å²) >= 11 is 0. The van der Waals surface area contributed by atoms with Gasteiger partial charge in [-0.1, -0.05) is 62.9 Å². The van der Waals surface area contributed by atoms with Gasteiger partial charge in [-0.2, -0.15) is 0 Å². The summed E-state index contributed by atoms with van der Waals surface area (Å²) in [5, 5.41) is 2.43. The zero-order valence-corrected chi connectivity index (χ0v) is 35.9. The van der Waals surface area contributed by atoms with E-state index in [-0.39, 0.29) is 12.3 Å². The lowest BCUT2D eigenvalue weighted by Gasteiger charge is -2.21. The first-order valence-electron chi connectivity index (χ1n) is 20.0. The minimum Gasteiger partial charge on any atom is -0.475 e. The number of ether oxygens (including phenoxy) is 6. The van der Waals surface area contributed by atoms with Crippen LogP contribution in [0.2, 0.25) is 0 Å². The van der Waals surface area contributed by atoms with E-state index >= 15 is 0 Å². The van der Waals surface area contributed by atoms with Crippen molar-refractivity contribution in [2.45, 2.75) is 39.7 Å². The molecule has 2 amide bonds. The number of aromatic nitrogens is 4. The number of para-hydroxylation sites is 2. The van der Waals surface area contributed by atoms with E-state index in [9.17, 15) is 14.4 Å². The molecule has 0 aliphatic carbocycles. The molecule has 3 aromatic heterocycles. The molecule has 0 radical (unpaired) electrons. The highest BCUT2D eigenvalue weighted by molar-refractivity contribution is 5.83. The summed E-state index contributed by atoms with van der Waals surface area (Å²) in [6.07, 6.45) is 7.54. The topological polar surface area (TPSA) is 165 Å². The maximum atomic E-state index is 11.2. The minimum absolute atomic E-state index is 0.253. The predicted molar refractivity (Wildman–Crippen MR) is 234 cm³/mol. The number of hydrogen-bond acceptors (Lipinski definition) is 12. The highest BCUT2D eigenvalue weighted by Gasteiger charge is 2.20. The Labute approximate surface area is 354 Å². The molecule has 15 nitrogen and oxygen atoms in total. The van der Waals surface area contributed by atoms with Crippen molar-refractivity contribution in [2.24, 2.45) is 0 Å². The van der Waals surface area contributed by atoms with Crippen LogP contribution < -0.4 is 10.1 Å². The highest BCUT2D eigenvalue weighted by atomic mass is 16.6. The van der Waals surface area contributed by atoms with Crippen molar-refractivity contribution >= 4 is 41.5 Å². The number of carbonyl (C=O) groups excluding carboxylic acids is 3. The number of rotatable bonds is 24. The maximum absolute atomic E-state index is 11.2. The quantitative estimate of drug-likeness (QED) is 0.0582. The zero-order chi connectivity index (χ0) is 43.8. The molecule has 326 valence electrons. The van der Waals surface area contributed by atoms with Gasteiger partial charge in [0.05, 0.1) is 76.2 Å². The Morgan fingerprint density at radius 2 is 1.45 bits per heavy atom. The van der Waals surface area contributed by atoms with E-state index in [4.69, 9.17) is 28.4 Å². The summed E-state index contributed by atoms with van der Waals surface area (Å²) in [5.41, 5.74) is 6.16. The van der Waals surface area contributed by atoms with Gasteiger partial charge in [0.1, 0.15) is 18.9 Å². The molecule has 0 fully saturated rings. The lowest BCUT2D eigenvalue weighted by Crippen LogP contribution is -2.43. The Bertz CT molecular complexity index is 1940. The first kappa shape index (κ1) is 50.6. The standard InChI is InChI=1S/C26H32N4O6.C9H10.C8H14N2O3.C2H6/c1-31-10-11-32-12-13-33-14-15-34-16-17-35-18-19-36-25-7-6-21(20-27-25)22-8-9-30-24-5-3-2-4-23(24)29-26(30)28-22;1-3-9-7-5-4-6-8(9)2;1-9-8(13)7(4-3-5-11)10(2)6-12;1-2/h2-9,20H,10-19H2,1H3;3-7H,1H2,2H3;5-7H,3-4H2,1-2H3,(H,9,13);1-2H3. The highest BCUT2D eigenvalue weighted by Crippen LogP contribution is 2.21. The van der Waals surface area contributed by atoms with E-state index in [1.54, 1.807) is 13.3 Å². The summed E-state index contributed by atoms with van der Waals surface area (Å²) in [5.74, 6) is 0.942. The van der Waals surface area contributed by atoms with E-state index in [2.05, 4.69) is 45.9 Å². The molecule has 15 heteroatoms. The first-order chi connectivity index (χ1) is 29.4. The summed E-state index contributed by atoms with van der Waals surface area (Å²) in [7, 11) is 4.65. The number of hydrogen-bond donors (Lipinski definition) is 1. The average Bonchev–Trinajstić information content (AvgIpc) is 3.67. The fourth-order valence-electron chi connectivity index (χ4n) is 5.24. The molecule has 0 aliphatic heterocycles. The summed E-state index contributed by atoms with van der Waals surface area (Å²) in [6.45, 7) is 15.0. The Morgan fingerprint density at radius 3 is 2.00 bits per heavy atom. The second-order valence-corrected chi connectivity index (χ2v) is 12.5. The zero-order valence-electron chi connectivity index (χ0n) is 35.9. The number of aryl methyl sites for hydroxylation is 1. The largest absolute Gasteiger partial charge is 0.475 e. The third-order valence-electron chi connectivity index (χ3n) is 8.41. The number of fused-ring (bicyclic) bond motifs is 3. The molecule has 5 rings (SSSR count). The number of carbonyl (C=O) groups is 3. The number of nitrogens with zero attached hydrogens (tertiary/aromatic N) is 5. The predicted octanol–water partition coefficient (Wildman–Crippen LogP) is 5.87. The van der Waals surface area contributed by atoms with Crippen LogP contribution in [0.5, 0.6) is 5.88 Å². The van der Waals surface area contributed by atoms with Gasteiger partial charge >= 0.3 is 0 Å². The van der Waals surface area contributed by atoms with Gasteiger partial charge in [0, 0.05) is 51.6 Å². The number of likely N-dealkylation sites (N-methyl/N-ethyl adjacent to an activating group) is 2. The van der Waals surface area contributed by atoms with E-state index < -0.39 is 6.04 Å². The molecule has 0 aliphatic rings. The van der Waals surface area contributed by atoms with Crippen molar-refractivity contribution in [3.63, 3.8) is 0 Å². The van der Waals surface area contributed by atoms with Crippen LogP contribution in [-0.4, -0.2) is 136 Å². The normalized spacial score (nSPS) is 10.8. The second kappa shape index (κ2) is 31.4. The van der Waals surface area contributed by atoms with Crippen molar-refractivity contribution in [1.29, 1.82) is 0 Å². The monoisotopic (exact) mass is 830 g/mol. The maximum Gasteiger partial charge on any atom is 0.242 e. The van der Waals surface area contributed by atoms with Crippen LogP contribution in [0.1, 0.15) is 37.8 Å². The molecule has 0 saturated carbocycles. The molecule has 0 spiro atoms. The molecular weight excluding hydrogens is 769 g/mol. The Hall–Kier alpha value is -5.58. The van der Waals surface area contributed by atoms with E-state index in [0.717, 1.165) is 28.6 Å². The summed E-state index contributed by atoms with van der Waals surface area (Å²) in [6, 6.07) is 21.3. The number of aldehydes is 1. The van der Waals surface area contributed by atoms with Gasteiger partial charge in [0.2, 0.25) is 24.0 Å². The van der Waals surface area contributed by atoms with Crippen molar-refractivity contribution in [3.8, 4) is 17.1 Å². The van der Waals surface area contributed by atoms with Crippen LogP contribution in [-0.2, 0) is 38.1 Å². The SMILES string of the molecule is C=Cc1ccccc1C.CC.CNC(=O)C(CCC=O)N(C)C=O.COCCOCCOCCOCCOCCOc1ccc(-c2ccn3c(n2)nc2ccccc23)cn1. The van der Waals surface area contributed by atoms with E-state index in [1.807, 2.05) is 85.1 Å². The van der Waals surface area contributed by atoms with Gasteiger partial charge in [-0.3, -0.25) is 14.0 Å². The van der Waals surface area contributed by atoms with Gasteiger partial charge in [0.15, 0.2) is 0 Å². The molecule has 0 saturated heterocycles. The average molecular weight is 831 g/mol. The van der Waals surface area contributed by atoms with Crippen molar-refractivity contribution in [1.82, 2.24) is 29.6 Å². The van der Waals surface area contributed by atoms with Crippen LogP contribution in [0.3, 0.4) is 0 Å². The van der Waals surface area contributed by atoms with Crippen LogP contribution >= 0.6 is 0 Å². The molecular formula is C45H62N6O9. The Kier molecular flexibility index (Phi) is 26.4. The first-order valence-corrected chi connectivity index (χ1v) is 20.0. The third kappa shape index (κ3) is 18.6. The van der Waals surface area contributed by atoms with E-state index in [1.165, 1.54) is 30.1 Å². The summed E-state index contributed by atoms with van der Waals surface area (Å²) in [4.78, 5) is 46.6. The molecule has 1 atom stereocenters. The smallest absolute Gasteiger partial charge is 0.242 e. The van der Waals surface area contributed by atoms with Gasteiger partial charge in [-0.25, -0.2) is 15.0 Å². The van der Waals surface area contributed by atoms with Crippen LogP contribution in [0.15, 0.2) is 85.7 Å². The van der Waals surface area contributed by atoms with Crippen LogP contribution in [0.25, 0.3) is 34.1 Å². The lowest BCUT2D eigenvalue weighted by atomic mass is 10.1. The molecule has 3 heterocycles. The molecule has 1 unspecified atom stereocenters. The van der Waals surface area contributed by atoms with Gasteiger partial charge in [-0.15, -0.1) is 0 Å². The van der Waals surface area contributed by atoms with Gasteiger partial charge < -0.3 is 43.4 Å². The fraction of sp³-hybridized carbons (Fsp3) is 0.422. The lowest BCUT2D eigenvalue weighted by molar-refractivity contribution is -0.131. The van der Waals surface area contributed by atoms with Crippen molar-refractivity contribution in [2.75, 3.05) is 87.3 Å². The molecule has 2 aromatic carbocycles. The Morgan fingerprint density at radius 1 is 0.833 bits per heavy atom. The molecule has 1 N–H and O–H groups in total.